The summed E-state index contributed by atoms with van der Waals surface area (Å²) in [5, 5.41) is 3.44. The van der Waals surface area contributed by atoms with Crippen molar-refractivity contribution in [1.29, 1.82) is 0 Å². The Bertz CT molecular complexity index is 535. The van der Waals surface area contributed by atoms with E-state index in [1.807, 2.05) is 19.1 Å². The zero-order valence-corrected chi connectivity index (χ0v) is 12.0. The van der Waals surface area contributed by atoms with Crippen molar-refractivity contribution in [3.63, 3.8) is 0 Å². The second-order valence-electron chi connectivity index (χ2n) is 5.18. The SMILES string of the molecule is Cc1cc(N[C@@H](C)c2ccccc2)nc(C(C)C)n1. The van der Waals surface area contributed by atoms with Crippen molar-refractivity contribution >= 4 is 5.82 Å². The molecular formula is C16H21N3. The quantitative estimate of drug-likeness (QED) is 0.894. The smallest absolute Gasteiger partial charge is 0.133 e. The summed E-state index contributed by atoms with van der Waals surface area (Å²) in [6.45, 7) is 8.37. The molecule has 0 saturated carbocycles. The molecule has 19 heavy (non-hydrogen) atoms. The van der Waals surface area contributed by atoms with E-state index in [1.54, 1.807) is 0 Å². The highest BCUT2D eigenvalue weighted by Crippen LogP contribution is 2.19. The molecule has 0 radical (unpaired) electrons. The van der Waals surface area contributed by atoms with Gasteiger partial charge in [-0.05, 0) is 19.4 Å². The van der Waals surface area contributed by atoms with E-state index in [2.05, 4.69) is 60.3 Å². The predicted octanol–water partition coefficient (Wildman–Crippen LogP) is 4.08. The molecule has 0 bridgehead atoms. The predicted molar refractivity (Wildman–Crippen MR) is 79.3 cm³/mol. The standard InChI is InChI=1S/C16H21N3/c1-11(2)16-17-12(3)10-15(19-16)18-13(4)14-8-6-5-7-9-14/h5-11,13H,1-4H3,(H,17,18,19)/t13-/m0/s1. The van der Waals surface area contributed by atoms with E-state index in [1.165, 1.54) is 5.56 Å². The zero-order valence-electron chi connectivity index (χ0n) is 12.0. The molecule has 0 amide bonds. The molecule has 1 atom stereocenters. The van der Waals surface area contributed by atoms with Crippen LogP contribution in [0, 0.1) is 6.92 Å². The minimum absolute atomic E-state index is 0.232. The van der Waals surface area contributed by atoms with Crippen molar-refractivity contribution < 1.29 is 0 Å². The van der Waals surface area contributed by atoms with E-state index < -0.39 is 0 Å². The van der Waals surface area contributed by atoms with Crippen molar-refractivity contribution in [2.24, 2.45) is 0 Å². The summed E-state index contributed by atoms with van der Waals surface area (Å²) in [4.78, 5) is 9.04. The van der Waals surface area contributed by atoms with Gasteiger partial charge in [-0.15, -0.1) is 0 Å². The van der Waals surface area contributed by atoms with E-state index in [0.29, 0.717) is 5.92 Å². The first-order valence-electron chi connectivity index (χ1n) is 6.73. The normalized spacial score (nSPS) is 12.5. The molecule has 0 aliphatic carbocycles. The van der Waals surface area contributed by atoms with Gasteiger partial charge in [0.1, 0.15) is 11.6 Å². The van der Waals surface area contributed by atoms with Crippen LogP contribution < -0.4 is 5.32 Å². The maximum absolute atomic E-state index is 4.58. The minimum atomic E-state index is 0.232. The van der Waals surface area contributed by atoms with Gasteiger partial charge in [0.25, 0.3) is 0 Å². The highest BCUT2D eigenvalue weighted by molar-refractivity contribution is 5.39. The third-order valence-corrected chi connectivity index (χ3v) is 3.05. The number of hydrogen-bond donors (Lipinski definition) is 1. The third kappa shape index (κ3) is 3.53. The summed E-state index contributed by atoms with van der Waals surface area (Å²) in [5.41, 5.74) is 2.26. The second-order valence-corrected chi connectivity index (χ2v) is 5.18. The first kappa shape index (κ1) is 13.5. The maximum Gasteiger partial charge on any atom is 0.133 e. The average Bonchev–Trinajstić information content (AvgIpc) is 2.39. The van der Waals surface area contributed by atoms with Gasteiger partial charge < -0.3 is 5.32 Å². The molecule has 0 unspecified atom stereocenters. The summed E-state index contributed by atoms with van der Waals surface area (Å²) >= 11 is 0. The molecule has 0 fully saturated rings. The molecule has 2 rings (SSSR count). The monoisotopic (exact) mass is 255 g/mol. The molecule has 1 heterocycles. The van der Waals surface area contributed by atoms with Crippen LogP contribution in [0.25, 0.3) is 0 Å². The summed E-state index contributed by atoms with van der Waals surface area (Å²) in [7, 11) is 0. The lowest BCUT2D eigenvalue weighted by atomic mass is 10.1. The summed E-state index contributed by atoms with van der Waals surface area (Å²) in [6, 6.07) is 12.6. The fraction of sp³-hybridized carbons (Fsp3) is 0.375. The van der Waals surface area contributed by atoms with Gasteiger partial charge in [-0.3, -0.25) is 0 Å². The largest absolute Gasteiger partial charge is 0.363 e. The number of benzene rings is 1. The Balaban J connectivity index is 2.19. The van der Waals surface area contributed by atoms with E-state index >= 15 is 0 Å². The number of aryl methyl sites for hydroxylation is 1. The van der Waals surface area contributed by atoms with Crippen LogP contribution in [0.15, 0.2) is 36.4 Å². The van der Waals surface area contributed by atoms with Gasteiger partial charge in [0.15, 0.2) is 0 Å². The van der Waals surface area contributed by atoms with Gasteiger partial charge in [0, 0.05) is 23.7 Å². The van der Waals surface area contributed by atoms with Crippen molar-refractivity contribution in [2.75, 3.05) is 5.32 Å². The molecule has 3 nitrogen and oxygen atoms in total. The first-order chi connectivity index (χ1) is 9.06. The van der Waals surface area contributed by atoms with Gasteiger partial charge in [-0.25, -0.2) is 9.97 Å². The molecular weight excluding hydrogens is 234 g/mol. The molecule has 1 aromatic heterocycles. The fourth-order valence-electron chi connectivity index (χ4n) is 1.97. The molecule has 0 aliphatic rings. The molecule has 1 aromatic carbocycles. The Morgan fingerprint density at radius 2 is 1.68 bits per heavy atom. The van der Waals surface area contributed by atoms with Crippen LogP contribution in [0.2, 0.25) is 0 Å². The number of hydrogen-bond acceptors (Lipinski definition) is 3. The van der Waals surface area contributed by atoms with Crippen LogP contribution in [0.5, 0.6) is 0 Å². The van der Waals surface area contributed by atoms with Gasteiger partial charge in [-0.2, -0.15) is 0 Å². The molecule has 0 saturated heterocycles. The fourth-order valence-corrected chi connectivity index (χ4v) is 1.97. The number of anilines is 1. The van der Waals surface area contributed by atoms with Gasteiger partial charge >= 0.3 is 0 Å². The van der Waals surface area contributed by atoms with Crippen LogP contribution in [-0.2, 0) is 0 Å². The highest BCUT2D eigenvalue weighted by Gasteiger charge is 2.09. The van der Waals surface area contributed by atoms with Crippen molar-refractivity contribution in [3.8, 4) is 0 Å². The van der Waals surface area contributed by atoms with Crippen LogP contribution >= 0.6 is 0 Å². The summed E-state index contributed by atoms with van der Waals surface area (Å²) in [6.07, 6.45) is 0. The van der Waals surface area contributed by atoms with Crippen LogP contribution in [0.3, 0.4) is 0 Å². The number of aromatic nitrogens is 2. The topological polar surface area (TPSA) is 37.8 Å². The lowest BCUT2D eigenvalue weighted by molar-refractivity contribution is 0.761. The molecule has 3 heteroatoms. The lowest BCUT2D eigenvalue weighted by Crippen LogP contribution is -2.10. The van der Waals surface area contributed by atoms with E-state index in [9.17, 15) is 0 Å². The van der Waals surface area contributed by atoms with Crippen LogP contribution in [0.4, 0.5) is 5.82 Å². The Morgan fingerprint density at radius 3 is 2.32 bits per heavy atom. The number of nitrogens with one attached hydrogen (secondary N) is 1. The van der Waals surface area contributed by atoms with Crippen molar-refractivity contribution in [3.05, 3.63) is 53.5 Å². The molecule has 1 N–H and O–H groups in total. The second kappa shape index (κ2) is 5.83. The van der Waals surface area contributed by atoms with Crippen LogP contribution in [-0.4, -0.2) is 9.97 Å². The average molecular weight is 255 g/mol. The van der Waals surface area contributed by atoms with Gasteiger partial charge in [-0.1, -0.05) is 44.2 Å². The first-order valence-corrected chi connectivity index (χ1v) is 6.73. The van der Waals surface area contributed by atoms with E-state index in [-0.39, 0.29) is 6.04 Å². The maximum atomic E-state index is 4.58. The van der Waals surface area contributed by atoms with Gasteiger partial charge in [0.2, 0.25) is 0 Å². The molecule has 0 aliphatic heterocycles. The van der Waals surface area contributed by atoms with Gasteiger partial charge in [0.05, 0.1) is 0 Å². The van der Waals surface area contributed by atoms with E-state index in [0.717, 1.165) is 17.3 Å². The molecule has 100 valence electrons. The lowest BCUT2D eigenvalue weighted by Gasteiger charge is -2.16. The number of rotatable bonds is 4. The van der Waals surface area contributed by atoms with Crippen molar-refractivity contribution in [1.82, 2.24) is 9.97 Å². The third-order valence-electron chi connectivity index (χ3n) is 3.05. The summed E-state index contributed by atoms with van der Waals surface area (Å²) < 4.78 is 0. The van der Waals surface area contributed by atoms with Crippen molar-refractivity contribution in [2.45, 2.75) is 39.7 Å². The minimum Gasteiger partial charge on any atom is -0.363 e. The Kier molecular flexibility index (Phi) is 4.15. The molecule has 0 spiro atoms. The summed E-state index contributed by atoms with van der Waals surface area (Å²) in [5.74, 6) is 2.13. The Morgan fingerprint density at radius 1 is 1.00 bits per heavy atom. The zero-order chi connectivity index (χ0) is 13.8. The van der Waals surface area contributed by atoms with Crippen LogP contribution in [0.1, 0.15) is 49.8 Å². The molecule has 2 aromatic rings. The van der Waals surface area contributed by atoms with E-state index in [4.69, 9.17) is 0 Å². The highest BCUT2D eigenvalue weighted by atomic mass is 15.0. The Hall–Kier alpha value is -1.90. The Labute approximate surface area is 115 Å². The number of nitrogens with zero attached hydrogens (tertiary/aromatic N) is 2.